The average molecular weight is 406 g/mol. The summed E-state index contributed by atoms with van der Waals surface area (Å²) < 4.78 is 52.5. The molecule has 11 heteroatoms. The van der Waals surface area contributed by atoms with Gasteiger partial charge in [-0.25, -0.2) is 18.0 Å². The first-order chi connectivity index (χ1) is 12.2. The number of hydrogen-bond acceptors (Lipinski definition) is 6. The van der Waals surface area contributed by atoms with Crippen LogP contribution in [0.25, 0.3) is 0 Å². The summed E-state index contributed by atoms with van der Waals surface area (Å²) in [4.78, 5) is 34.8. The topological polar surface area (TPSA) is 119 Å². The molecule has 0 heterocycles. The van der Waals surface area contributed by atoms with Crippen molar-refractivity contribution in [2.75, 3.05) is 0 Å². The molecule has 8 nitrogen and oxygen atoms in total. The van der Waals surface area contributed by atoms with Crippen LogP contribution in [0.5, 0.6) is 0 Å². The lowest BCUT2D eigenvalue weighted by molar-refractivity contribution is -0.127. The zero-order valence-electron chi connectivity index (χ0n) is 15.1. The first-order valence-electron chi connectivity index (χ1n) is 7.70. The number of imide groups is 1. The van der Waals surface area contributed by atoms with Crippen molar-refractivity contribution >= 4 is 27.7 Å². The van der Waals surface area contributed by atoms with Gasteiger partial charge < -0.3 is 10.1 Å². The van der Waals surface area contributed by atoms with Crippen LogP contribution in [0, 0.1) is 0 Å². The standard InChI is InChI=1S/C16H20F2N2O6S/c1-9(12(21)19-15(23)20-16(2,3)4)26-13(22)10-5-7-11(8-6-10)27(24,25)14(17)18/h5-9,14H,1-4H3,(H2,19,20,21,23)/t9-/m0/s1. The monoisotopic (exact) mass is 406 g/mol. The predicted octanol–water partition coefficient (Wildman–Crippen LogP) is 1.85. The number of hydrogen-bond donors (Lipinski definition) is 2. The van der Waals surface area contributed by atoms with E-state index in [-0.39, 0.29) is 5.56 Å². The van der Waals surface area contributed by atoms with E-state index >= 15 is 0 Å². The quantitative estimate of drug-likeness (QED) is 0.721. The molecule has 1 aromatic carbocycles. The number of carbonyl (C=O) groups is 3. The summed E-state index contributed by atoms with van der Waals surface area (Å²) >= 11 is 0. The van der Waals surface area contributed by atoms with Crippen LogP contribution in [-0.2, 0) is 19.4 Å². The van der Waals surface area contributed by atoms with Gasteiger partial charge in [0.25, 0.3) is 5.91 Å². The number of sulfone groups is 1. The minimum atomic E-state index is -4.78. The van der Waals surface area contributed by atoms with Gasteiger partial charge in [0.05, 0.1) is 10.5 Å². The first kappa shape index (κ1) is 22.5. The number of ether oxygens (including phenoxy) is 1. The fourth-order valence-corrected chi connectivity index (χ4v) is 2.47. The van der Waals surface area contributed by atoms with Crippen molar-refractivity contribution < 1.29 is 36.3 Å². The third-order valence-corrected chi connectivity index (χ3v) is 4.43. The van der Waals surface area contributed by atoms with Gasteiger partial charge >= 0.3 is 17.8 Å². The number of esters is 1. The Labute approximate surface area is 155 Å². The number of benzene rings is 1. The summed E-state index contributed by atoms with van der Waals surface area (Å²) in [5, 5.41) is 4.50. The largest absolute Gasteiger partial charge is 0.449 e. The van der Waals surface area contributed by atoms with Gasteiger partial charge in [0.1, 0.15) is 0 Å². The molecule has 0 unspecified atom stereocenters. The first-order valence-corrected chi connectivity index (χ1v) is 9.25. The van der Waals surface area contributed by atoms with E-state index in [4.69, 9.17) is 4.74 Å². The lowest BCUT2D eigenvalue weighted by Crippen LogP contribution is -2.50. The Morgan fingerprint density at radius 2 is 1.59 bits per heavy atom. The molecule has 1 rings (SSSR count). The summed E-state index contributed by atoms with van der Waals surface area (Å²) in [6.07, 6.45) is -1.33. The second-order valence-electron chi connectivity index (χ2n) is 6.57. The third-order valence-electron chi connectivity index (χ3n) is 3.03. The number of nitrogens with one attached hydrogen (secondary N) is 2. The Morgan fingerprint density at radius 3 is 2.04 bits per heavy atom. The highest BCUT2D eigenvalue weighted by Crippen LogP contribution is 2.19. The van der Waals surface area contributed by atoms with Crippen molar-refractivity contribution in [3.05, 3.63) is 29.8 Å². The average Bonchev–Trinajstić information content (AvgIpc) is 2.52. The fraction of sp³-hybridized carbons (Fsp3) is 0.438. The Morgan fingerprint density at radius 1 is 1.07 bits per heavy atom. The molecule has 0 aliphatic heterocycles. The van der Waals surface area contributed by atoms with Crippen molar-refractivity contribution in [2.45, 2.75) is 50.0 Å². The van der Waals surface area contributed by atoms with Crippen LogP contribution in [0.2, 0.25) is 0 Å². The van der Waals surface area contributed by atoms with Crippen LogP contribution in [0.4, 0.5) is 13.6 Å². The molecule has 0 bridgehead atoms. The van der Waals surface area contributed by atoms with E-state index in [1.165, 1.54) is 6.92 Å². The maximum atomic E-state index is 12.5. The number of carbonyl (C=O) groups excluding carboxylic acids is 3. The number of urea groups is 1. The van der Waals surface area contributed by atoms with Crippen LogP contribution in [0.1, 0.15) is 38.1 Å². The normalized spacial score (nSPS) is 13.0. The Bertz CT molecular complexity index is 816. The molecule has 0 saturated carbocycles. The van der Waals surface area contributed by atoms with Crippen LogP contribution in [0.3, 0.4) is 0 Å². The van der Waals surface area contributed by atoms with Gasteiger partial charge in [-0.3, -0.25) is 10.1 Å². The molecule has 0 aliphatic rings. The molecule has 0 spiro atoms. The molecule has 0 fully saturated rings. The molecule has 0 radical (unpaired) electrons. The molecule has 0 aliphatic carbocycles. The predicted molar refractivity (Wildman–Crippen MR) is 90.9 cm³/mol. The molecule has 2 N–H and O–H groups in total. The van der Waals surface area contributed by atoms with Crippen molar-refractivity contribution in [3.63, 3.8) is 0 Å². The number of amides is 3. The summed E-state index contributed by atoms with van der Waals surface area (Å²) in [6, 6.07) is 2.86. The fourth-order valence-electron chi connectivity index (χ4n) is 1.75. The SMILES string of the molecule is C[C@H](OC(=O)c1ccc(S(=O)(=O)C(F)F)cc1)C(=O)NC(=O)NC(C)(C)C. The van der Waals surface area contributed by atoms with E-state index in [0.29, 0.717) is 0 Å². The molecule has 150 valence electrons. The molecule has 0 aromatic heterocycles. The number of rotatable bonds is 5. The summed E-state index contributed by atoms with van der Waals surface area (Å²) in [6.45, 7) is 6.35. The summed E-state index contributed by atoms with van der Waals surface area (Å²) in [5.74, 6) is -5.45. The van der Waals surface area contributed by atoms with Crippen molar-refractivity contribution in [1.82, 2.24) is 10.6 Å². The Hall–Kier alpha value is -2.56. The minimum Gasteiger partial charge on any atom is -0.449 e. The second kappa shape index (κ2) is 8.42. The van der Waals surface area contributed by atoms with Crippen LogP contribution >= 0.6 is 0 Å². The molecule has 27 heavy (non-hydrogen) atoms. The minimum absolute atomic E-state index is 0.151. The molecule has 1 atom stereocenters. The highest BCUT2D eigenvalue weighted by atomic mass is 32.2. The molecular formula is C16H20F2N2O6S. The second-order valence-corrected chi connectivity index (χ2v) is 8.49. The van der Waals surface area contributed by atoms with E-state index in [1.807, 2.05) is 5.32 Å². The number of alkyl halides is 2. The smallest absolute Gasteiger partial charge is 0.341 e. The zero-order valence-corrected chi connectivity index (χ0v) is 15.9. The van der Waals surface area contributed by atoms with Gasteiger partial charge in [-0.2, -0.15) is 8.78 Å². The van der Waals surface area contributed by atoms with Gasteiger partial charge in [-0.05, 0) is 52.0 Å². The van der Waals surface area contributed by atoms with Gasteiger partial charge in [-0.15, -0.1) is 0 Å². The van der Waals surface area contributed by atoms with Crippen molar-refractivity contribution in [2.24, 2.45) is 0 Å². The highest BCUT2D eigenvalue weighted by molar-refractivity contribution is 7.91. The molecule has 1 aromatic rings. The number of halogens is 2. The Balaban J connectivity index is 2.73. The highest BCUT2D eigenvalue weighted by Gasteiger charge is 2.27. The zero-order chi connectivity index (χ0) is 21.0. The van der Waals surface area contributed by atoms with E-state index in [9.17, 15) is 31.6 Å². The van der Waals surface area contributed by atoms with Gasteiger partial charge in [-0.1, -0.05) is 0 Å². The van der Waals surface area contributed by atoms with Crippen LogP contribution in [0.15, 0.2) is 29.2 Å². The van der Waals surface area contributed by atoms with Crippen LogP contribution in [-0.4, -0.2) is 43.7 Å². The van der Waals surface area contributed by atoms with Crippen molar-refractivity contribution in [1.29, 1.82) is 0 Å². The van der Waals surface area contributed by atoms with E-state index in [0.717, 1.165) is 24.3 Å². The summed E-state index contributed by atoms with van der Waals surface area (Å²) in [7, 11) is -4.78. The molecule has 0 saturated heterocycles. The summed E-state index contributed by atoms with van der Waals surface area (Å²) in [5.41, 5.74) is -0.730. The lowest BCUT2D eigenvalue weighted by atomic mass is 10.1. The van der Waals surface area contributed by atoms with Gasteiger partial charge in [0.2, 0.25) is 9.84 Å². The maximum absolute atomic E-state index is 12.5. The molecular weight excluding hydrogens is 386 g/mol. The van der Waals surface area contributed by atoms with E-state index < -0.39 is 50.0 Å². The third kappa shape index (κ3) is 6.59. The van der Waals surface area contributed by atoms with Gasteiger partial charge in [0.15, 0.2) is 6.10 Å². The van der Waals surface area contributed by atoms with E-state index in [1.54, 1.807) is 20.8 Å². The van der Waals surface area contributed by atoms with Gasteiger partial charge in [0, 0.05) is 5.54 Å². The lowest BCUT2D eigenvalue weighted by Gasteiger charge is -2.21. The van der Waals surface area contributed by atoms with Crippen molar-refractivity contribution in [3.8, 4) is 0 Å². The Kier molecular flexibility index (Phi) is 7.01. The van der Waals surface area contributed by atoms with E-state index in [2.05, 4.69) is 5.32 Å². The van der Waals surface area contributed by atoms with Crippen LogP contribution < -0.4 is 10.6 Å². The maximum Gasteiger partial charge on any atom is 0.341 e. The molecule has 3 amide bonds.